The average molecular weight is 407 g/mol. The first-order valence-electron chi connectivity index (χ1n) is 6.72. The van der Waals surface area contributed by atoms with Gasteiger partial charge >= 0.3 is 0 Å². The number of hydrogen-bond donors (Lipinski definition) is 0. The fourth-order valence-electron chi connectivity index (χ4n) is 2.34. The van der Waals surface area contributed by atoms with Crippen LogP contribution in [0, 0.1) is 3.57 Å². The maximum Gasteiger partial charge on any atom is 0.227 e. The minimum atomic E-state index is -3.06. The van der Waals surface area contributed by atoms with E-state index in [-0.39, 0.29) is 24.0 Å². The molecule has 0 atom stereocenters. The SMILES string of the molecule is CCS(=O)(=O)CCN1C(=O)CCCc2cc(I)ccc21. The summed E-state index contributed by atoms with van der Waals surface area (Å²) in [5, 5.41) is 0. The zero-order valence-electron chi connectivity index (χ0n) is 11.4. The van der Waals surface area contributed by atoms with Gasteiger partial charge in [0.2, 0.25) is 5.91 Å². The highest BCUT2D eigenvalue weighted by atomic mass is 127. The molecule has 0 saturated heterocycles. The molecule has 0 N–H and O–H groups in total. The number of benzene rings is 1. The molecule has 6 heteroatoms. The van der Waals surface area contributed by atoms with E-state index in [1.165, 1.54) is 0 Å². The highest BCUT2D eigenvalue weighted by molar-refractivity contribution is 14.1. The molecule has 0 radical (unpaired) electrons. The van der Waals surface area contributed by atoms with Gasteiger partial charge < -0.3 is 4.90 Å². The van der Waals surface area contributed by atoms with Gasteiger partial charge in [0.25, 0.3) is 0 Å². The Balaban J connectivity index is 2.28. The van der Waals surface area contributed by atoms with Crippen LogP contribution in [-0.4, -0.2) is 32.4 Å². The first-order chi connectivity index (χ1) is 9.43. The van der Waals surface area contributed by atoms with Crippen molar-refractivity contribution in [2.75, 3.05) is 23.0 Å². The number of anilines is 1. The molecule has 0 bridgehead atoms. The molecule has 110 valence electrons. The van der Waals surface area contributed by atoms with E-state index in [9.17, 15) is 13.2 Å². The quantitative estimate of drug-likeness (QED) is 0.721. The summed E-state index contributed by atoms with van der Waals surface area (Å²) >= 11 is 2.25. The number of aryl methyl sites for hydroxylation is 1. The van der Waals surface area contributed by atoms with E-state index in [4.69, 9.17) is 0 Å². The number of nitrogens with zero attached hydrogens (tertiary/aromatic N) is 1. The lowest BCUT2D eigenvalue weighted by Crippen LogP contribution is -2.35. The smallest absolute Gasteiger partial charge is 0.227 e. The van der Waals surface area contributed by atoms with Crippen molar-refractivity contribution < 1.29 is 13.2 Å². The summed E-state index contributed by atoms with van der Waals surface area (Å²) < 4.78 is 24.5. The Hall–Kier alpha value is -0.630. The molecule has 0 saturated carbocycles. The third-order valence-corrected chi connectivity index (χ3v) is 5.89. The van der Waals surface area contributed by atoms with E-state index in [0.717, 1.165) is 27.7 Å². The van der Waals surface area contributed by atoms with Gasteiger partial charge in [-0.15, -0.1) is 0 Å². The third-order valence-electron chi connectivity index (χ3n) is 3.54. The molecule has 2 rings (SSSR count). The van der Waals surface area contributed by atoms with Crippen LogP contribution in [0.3, 0.4) is 0 Å². The van der Waals surface area contributed by atoms with Crippen molar-refractivity contribution in [1.29, 1.82) is 0 Å². The number of sulfone groups is 1. The van der Waals surface area contributed by atoms with Crippen LogP contribution in [-0.2, 0) is 21.1 Å². The van der Waals surface area contributed by atoms with E-state index < -0.39 is 9.84 Å². The van der Waals surface area contributed by atoms with Crippen LogP contribution >= 0.6 is 22.6 Å². The zero-order valence-corrected chi connectivity index (χ0v) is 14.4. The van der Waals surface area contributed by atoms with Crippen LogP contribution in [0.25, 0.3) is 0 Å². The van der Waals surface area contributed by atoms with Gasteiger partial charge in [0.1, 0.15) is 0 Å². The summed E-state index contributed by atoms with van der Waals surface area (Å²) in [6.07, 6.45) is 2.18. The molecule has 0 spiro atoms. The molecule has 0 fully saturated rings. The molecule has 0 aromatic heterocycles. The molecule has 1 aromatic rings. The van der Waals surface area contributed by atoms with Crippen molar-refractivity contribution in [1.82, 2.24) is 0 Å². The molecule has 0 unspecified atom stereocenters. The second-order valence-corrected chi connectivity index (χ2v) is 8.63. The van der Waals surface area contributed by atoms with Crippen molar-refractivity contribution in [3.8, 4) is 0 Å². The maximum absolute atomic E-state index is 12.2. The van der Waals surface area contributed by atoms with E-state index in [1.807, 2.05) is 12.1 Å². The van der Waals surface area contributed by atoms with Gasteiger partial charge in [-0.2, -0.15) is 0 Å². The maximum atomic E-state index is 12.2. The fraction of sp³-hybridized carbons (Fsp3) is 0.500. The molecular weight excluding hydrogens is 389 g/mol. The van der Waals surface area contributed by atoms with Gasteiger partial charge in [0, 0.05) is 28.0 Å². The molecule has 1 aliphatic rings. The van der Waals surface area contributed by atoms with Crippen molar-refractivity contribution >= 4 is 44.0 Å². The van der Waals surface area contributed by atoms with Gasteiger partial charge in [-0.1, -0.05) is 6.92 Å². The molecule has 0 aliphatic carbocycles. The van der Waals surface area contributed by atoms with Crippen molar-refractivity contribution in [3.63, 3.8) is 0 Å². The van der Waals surface area contributed by atoms with Gasteiger partial charge in [-0.3, -0.25) is 4.79 Å². The Morgan fingerprint density at radius 1 is 1.30 bits per heavy atom. The normalized spacial score (nSPS) is 15.9. The predicted octanol–water partition coefficient (Wildman–Crippen LogP) is 2.40. The van der Waals surface area contributed by atoms with Crippen molar-refractivity contribution in [2.24, 2.45) is 0 Å². The summed E-state index contributed by atoms with van der Waals surface area (Å²) in [6, 6.07) is 5.97. The molecule has 1 aliphatic heterocycles. The van der Waals surface area contributed by atoms with E-state index in [2.05, 4.69) is 28.7 Å². The number of halogens is 1. The summed E-state index contributed by atoms with van der Waals surface area (Å²) in [6.45, 7) is 1.89. The van der Waals surface area contributed by atoms with Crippen molar-refractivity contribution in [3.05, 3.63) is 27.3 Å². The topological polar surface area (TPSA) is 54.5 Å². The van der Waals surface area contributed by atoms with E-state index >= 15 is 0 Å². The first kappa shape index (κ1) is 15.8. The van der Waals surface area contributed by atoms with E-state index in [0.29, 0.717) is 6.42 Å². The monoisotopic (exact) mass is 407 g/mol. The minimum absolute atomic E-state index is 0.0243. The highest BCUT2D eigenvalue weighted by Gasteiger charge is 2.23. The standard InChI is InChI=1S/C14H18INO3S/c1-2-20(18,19)9-8-16-13-7-6-12(15)10-11(13)4-3-5-14(16)17/h6-7,10H,2-5,8-9H2,1H3. The number of rotatable bonds is 4. The summed E-state index contributed by atoms with van der Waals surface area (Å²) in [7, 11) is -3.06. The summed E-state index contributed by atoms with van der Waals surface area (Å²) in [5.41, 5.74) is 2.01. The van der Waals surface area contributed by atoms with Gasteiger partial charge in [0.15, 0.2) is 9.84 Å². The van der Waals surface area contributed by atoms with Crippen LogP contribution in [0.2, 0.25) is 0 Å². The van der Waals surface area contributed by atoms with Crippen LogP contribution in [0.1, 0.15) is 25.3 Å². The van der Waals surface area contributed by atoms with Crippen molar-refractivity contribution in [2.45, 2.75) is 26.2 Å². The minimum Gasteiger partial charge on any atom is -0.311 e. The number of fused-ring (bicyclic) bond motifs is 1. The Kier molecular flexibility index (Phi) is 5.06. The number of carbonyl (C=O) groups excluding carboxylic acids is 1. The number of amides is 1. The lowest BCUT2D eigenvalue weighted by Gasteiger charge is -2.23. The average Bonchev–Trinajstić information content (AvgIpc) is 2.55. The zero-order chi connectivity index (χ0) is 14.8. The van der Waals surface area contributed by atoms with Gasteiger partial charge in [0.05, 0.1) is 5.75 Å². The Labute approximate surface area is 133 Å². The predicted molar refractivity (Wildman–Crippen MR) is 88.8 cm³/mol. The number of carbonyl (C=O) groups is 1. The third kappa shape index (κ3) is 3.72. The Bertz CT molecular complexity index is 613. The van der Waals surface area contributed by atoms with Gasteiger partial charge in [-0.05, 0) is 59.2 Å². The second-order valence-electron chi connectivity index (χ2n) is 4.91. The van der Waals surface area contributed by atoms with Crippen LogP contribution < -0.4 is 4.90 Å². The molecule has 1 heterocycles. The van der Waals surface area contributed by atoms with Crippen LogP contribution in [0.5, 0.6) is 0 Å². The summed E-state index contributed by atoms with van der Waals surface area (Å²) in [5.74, 6) is 0.172. The lowest BCUT2D eigenvalue weighted by atomic mass is 10.1. The Morgan fingerprint density at radius 2 is 2.05 bits per heavy atom. The molecular formula is C14H18INO3S. The first-order valence-corrected chi connectivity index (χ1v) is 9.62. The molecule has 1 aromatic carbocycles. The lowest BCUT2D eigenvalue weighted by molar-refractivity contribution is -0.118. The summed E-state index contributed by atoms with van der Waals surface area (Å²) in [4.78, 5) is 13.8. The second kappa shape index (κ2) is 6.43. The Morgan fingerprint density at radius 3 is 2.75 bits per heavy atom. The van der Waals surface area contributed by atoms with Crippen LogP contribution in [0.15, 0.2) is 18.2 Å². The van der Waals surface area contributed by atoms with Gasteiger partial charge in [-0.25, -0.2) is 8.42 Å². The van der Waals surface area contributed by atoms with Crippen LogP contribution in [0.4, 0.5) is 5.69 Å². The number of hydrogen-bond acceptors (Lipinski definition) is 3. The fourth-order valence-corrected chi connectivity index (χ4v) is 3.64. The van der Waals surface area contributed by atoms with E-state index in [1.54, 1.807) is 11.8 Å². The largest absolute Gasteiger partial charge is 0.311 e. The molecule has 4 nitrogen and oxygen atoms in total. The highest BCUT2D eigenvalue weighted by Crippen LogP contribution is 2.28. The molecule has 20 heavy (non-hydrogen) atoms. The molecule has 1 amide bonds.